The van der Waals surface area contributed by atoms with Gasteiger partial charge in [-0.2, -0.15) is 0 Å². The van der Waals surface area contributed by atoms with Crippen molar-refractivity contribution >= 4 is 23.6 Å². The molecule has 0 unspecified atom stereocenters. The van der Waals surface area contributed by atoms with E-state index in [-0.39, 0.29) is 6.04 Å². The van der Waals surface area contributed by atoms with Gasteiger partial charge in [-0.25, -0.2) is 9.59 Å². The first kappa shape index (κ1) is 30.3. The molecule has 1 atom stereocenters. The fourth-order valence-corrected chi connectivity index (χ4v) is 4.96. The SMILES string of the molecule is COC(=O)Nc1ccc(C(O)(C[C@H](C)N(Cc2ccccc2)Cc2ccccc2)c2ccc(NC(=O)OC)cc2)cc1. The van der Waals surface area contributed by atoms with Crippen molar-refractivity contribution in [1.82, 2.24) is 4.90 Å². The summed E-state index contributed by atoms with van der Waals surface area (Å²) in [5, 5.41) is 17.8. The molecule has 0 radical (unpaired) electrons. The summed E-state index contributed by atoms with van der Waals surface area (Å²) >= 11 is 0. The number of hydrogen-bond acceptors (Lipinski definition) is 6. The van der Waals surface area contributed by atoms with Gasteiger partial charge in [-0.05, 0) is 59.9 Å². The van der Waals surface area contributed by atoms with E-state index in [2.05, 4.69) is 46.7 Å². The van der Waals surface area contributed by atoms with Crippen LogP contribution in [-0.2, 0) is 28.2 Å². The van der Waals surface area contributed by atoms with E-state index in [0.717, 1.165) is 0 Å². The van der Waals surface area contributed by atoms with Gasteiger partial charge in [0.25, 0.3) is 0 Å². The molecule has 0 saturated heterocycles. The van der Waals surface area contributed by atoms with Crippen molar-refractivity contribution in [3.05, 3.63) is 131 Å². The van der Waals surface area contributed by atoms with Gasteiger partial charge in [0.1, 0.15) is 5.60 Å². The van der Waals surface area contributed by atoms with Crippen LogP contribution in [0.3, 0.4) is 0 Å². The molecule has 0 heterocycles. The highest BCUT2D eigenvalue weighted by molar-refractivity contribution is 5.85. The Bertz CT molecular complexity index is 1330. The van der Waals surface area contributed by atoms with E-state index in [9.17, 15) is 14.7 Å². The Morgan fingerprint density at radius 2 is 1.07 bits per heavy atom. The van der Waals surface area contributed by atoms with Crippen LogP contribution >= 0.6 is 0 Å². The zero-order chi connectivity index (χ0) is 30.0. The Balaban J connectivity index is 1.68. The fourth-order valence-electron chi connectivity index (χ4n) is 4.96. The summed E-state index contributed by atoms with van der Waals surface area (Å²) in [6.45, 7) is 3.53. The molecule has 0 fully saturated rings. The van der Waals surface area contributed by atoms with Crippen LogP contribution in [0.5, 0.6) is 0 Å². The van der Waals surface area contributed by atoms with Crippen molar-refractivity contribution in [2.45, 2.75) is 38.1 Å². The molecule has 4 aromatic carbocycles. The average Bonchev–Trinajstić information content (AvgIpc) is 3.02. The smallest absolute Gasteiger partial charge is 0.411 e. The molecule has 2 amide bonds. The van der Waals surface area contributed by atoms with Crippen molar-refractivity contribution < 1.29 is 24.2 Å². The minimum Gasteiger partial charge on any atom is -0.453 e. The van der Waals surface area contributed by atoms with Gasteiger partial charge in [0.05, 0.1) is 14.2 Å². The molecule has 3 N–H and O–H groups in total. The lowest BCUT2D eigenvalue weighted by atomic mass is 9.81. The number of nitrogens with one attached hydrogen (secondary N) is 2. The second kappa shape index (κ2) is 14.3. The monoisotopic (exact) mass is 567 g/mol. The summed E-state index contributed by atoms with van der Waals surface area (Å²) in [4.78, 5) is 25.8. The quantitative estimate of drug-likeness (QED) is 0.185. The first-order chi connectivity index (χ1) is 20.3. The Hall–Kier alpha value is -4.66. The minimum atomic E-state index is -1.39. The summed E-state index contributed by atoms with van der Waals surface area (Å²) < 4.78 is 9.40. The number of aliphatic hydroxyl groups is 1. The van der Waals surface area contributed by atoms with E-state index in [0.29, 0.717) is 42.0 Å². The molecule has 0 aromatic heterocycles. The number of ether oxygens (including phenoxy) is 2. The van der Waals surface area contributed by atoms with E-state index in [1.807, 2.05) is 36.4 Å². The molecule has 8 nitrogen and oxygen atoms in total. The first-order valence-electron chi connectivity index (χ1n) is 13.8. The second-order valence-electron chi connectivity index (χ2n) is 10.2. The van der Waals surface area contributed by atoms with Gasteiger partial charge >= 0.3 is 12.2 Å². The number of benzene rings is 4. The minimum absolute atomic E-state index is 0.0591. The maximum Gasteiger partial charge on any atom is 0.411 e. The summed E-state index contributed by atoms with van der Waals surface area (Å²) in [7, 11) is 2.61. The Morgan fingerprint density at radius 1 is 0.690 bits per heavy atom. The van der Waals surface area contributed by atoms with Crippen LogP contribution < -0.4 is 10.6 Å². The van der Waals surface area contributed by atoms with Gasteiger partial charge in [0.2, 0.25) is 0 Å². The maximum absolute atomic E-state index is 12.5. The van der Waals surface area contributed by atoms with Crippen LogP contribution in [0.1, 0.15) is 35.6 Å². The Kier molecular flexibility index (Phi) is 10.3. The van der Waals surface area contributed by atoms with Crippen LogP contribution in [0.2, 0.25) is 0 Å². The molecular formula is C34H37N3O5. The Morgan fingerprint density at radius 3 is 1.43 bits per heavy atom. The molecule has 0 saturated carbocycles. The average molecular weight is 568 g/mol. The zero-order valence-electron chi connectivity index (χ0n) is 24.1. The number of amides is 2. The Labute approximate surface area is 246 Å². The van der Waals surface area contributed by atoms with E-state index in [4.69, 9.17) is 9.47 Å². The second-order valence-corrected chi connectivity index (χ2v) is 10.2. The molecule has 218 valence electrons. The molecule has 4 aromatic rings. The summed E-state index contributed by atoms with van der Waals surface area (Å²) in [6.07, 6.45) is -0.768. The van der Waals surface area contributed by atoms with E-state index >= 15 is 0 Å². The lowest BCUT2D eigenvalue weighted by Crippen LogP contribution is -2.40. The van der Waals surface area contributed by atoms with Crippen molar-refractivity contribution in [1.29, 1.82) is 0 Å². The number of carbonyl (C=O) groups excluding carboxylic acids is 2. The number of hydrogen-bond donors (Lipinski definition) is 3. The van der Waals surface area contributed by atoms with Crippen LogP contribution in [-0.4, -0.2) is 42.5 Å². The molecular weight excluding hydrogens is 530 g/mol. The van der Waals surface area contributed by atoms with Crippen molar-refractivity contribution in [3.8, 4) is 0 Å². The summed E-state index contributed by atoms with van der Waals surface area (Å²) in [5.74, 6) is 0. The summed E-state index contributed by atoms with van der Waals surface area (Å²) in [6, 6.07) is 34.7. The lowest BCUT2D eigenvalue weighted by Gasteiger charge is -2.37. The van der Waals surface area contributed by atoms with E-state index in [1.165, 1.54) is 25.3 Å². The van der Waals surface area contributed by atoms with Crippen molar-refractivity contribution in [2.75, 3.05) is 24.9 Å². The van der Waals surface area contributed by atoms with Gasteiger partial charge in [-0.1, -0.05) is 84.9 Å². The number of nitrogens with zero attached hydrogens (tertiary/aromatic N) is 1. The molecule has 0 bridgehead atoms. The predicted octanol–water partition coefficient (Wildman–Crippen LogP) is 6.76. The zero-order valence-corrected chi connectivity index (χ0v) is 24.1. The third-order valence-electron chi connectivity index (χ3n) is 7.26. The third-order valence-corrected chi connectivity index (χ3v) is 7.26. The predicted molar refractivity (Wildman–Crippen MR) is 164 cm³/mol. The molecule has 0 aliphatic carbocycles. The molecule has 0 spiro atoms. The van der Waals surface area contributed by atoms with Gasteiger partial charge in [-0.3, -0.25) is 15.5 Å². The third kappa shape index (κ3) is 7.96. The van der Waals surface area contributed by atoms with Gasteiger partial charge in [-0.15, -0.1) is 0 Å². The first-order valence-corrected chi connectivity index (χ1v) is 13.8. The van der Waals surface area contributed by atoms with Crippen molar-refractivity contribution in [3.63, 3.8) is 0 Å². The highest BCUT2D eigenvalue weighted by Gasteiger charge is 2.35. The molecule has 0 aliphatic heterocycles. The number of carbonyl (C=O) groups is 2. The highest BCUT2D eigenvalue weighted by atomic mass is 16.5. The number of methoxy groups -OCH3 is 2. The molecule has 0 aliphatic rings. The topological polar surface area (TPSA) is 100 Å². The van der Waals surface area contributed by atoms with Crippen LogP contribution in [0.25, 0.3) is 0 Å². The molecule has 8 heteroatoms. The normalized spacial score (nSPS) is 11.9. The highest BCUT2D eigenvalue weighted by Crippen LogP contribution is 2.37. The van der Waals surface area contributed by atoms with Gasteiger partial charge in [0.15, 0.2) is 0 Å². The van der Waals surface area contributed by atoms with Crippen LogP contribution in [0, 0.1) is 0 Å². The van der Waals surface area contributed by atoms with Gasteiger partial charge in [0, 0.05) is 30.5 Å². The number of rotatable bonds is 11. The van der Waals surface area contributed by atoms with Crippen LogP contribution in [0.4, 0.5) is 21.0 Å². The van der Waals surface area contributed by atoms with Crippen molar-refractivity contribution in [2.24, 2.45) is 0 Å². The largest absolute Gasteiger partial charge is 0.453 e. The van der Waals surface area contributed by atoms with E-state index in [1.54, 1.807) is 48.5 Å². The number of anilines is 2. The van der Waals surface area contributed by atoms with Crippen LogP contribution in [0.15, 0.2) is 109 Å². The summed E-state index contributed by atoms with van der Waals surface area (Å²) in [5.41, 5.74) is 3.40. The van der Waals surface area contributed by atoms with Gasteiger partial charge < -0.3 is 14.6 Å². The molecule has 4 rings (SSSR count). The lowest BCUT2D eigenvalue weighted by molar-refractivity contribution is 0.0325. The van der Waals surface area contributed by atoms with E-state index < -0.39 is 17.8 Å². The standard InChI is InChI=1S/C34H37N3O5/c1-25(37(23-26-10-6-4-7-11-26)24-27-12-8-5-9-13-27)22-34(40,28-14-18-30(19-15-28)35-32(38)41-2)29-16-20-31(21-17-29)36-33(39)42-3/h4-21,25,40H,22-24H2,1-3H3,(H,35,38)(H,36,39)/t25-/m0/s1. The maximum atomic E-state index is 12.5. The molecule has 42 heavy (non-hydrogen) atoms. The fraction of sp³-hybridized carbons (Fsp3) is 0.235.